The third-order valence-corrected chi connectivity index (χ3v) is 6.62. The predicted octanol–water partition coefficient (Wildman–Crippen LogP) is 4.60. The van der Waals surface area contributed by atoms with E-state index < -0.39 is 0 Å². The number of rotatable bonds is 4. The molecule has 1 atom stereocenters. The summed E-state index contributed by atoms with van der Waals surface area (Å²) in [6.07, 6.45) is 4.81. The van der Waals surface area contributed by atoms with Crippen molar-refractivity contribution in [2.75, 3.05) is 0 Å². The Bertz CT molecular complexity index is 995. The normalized spacial score (nSPS) is 15.2. The van der Waals surface area contributed by atoms with E-state index in [9.17, 15) is 4.79 Å². The highest BCUT2D eigenvalue weighted by Gasteiger charge is 2.18. The average molecular weight is 369 g/mol. The van der Waals surface area contributed by atoms with Gasteiger partial charge in [0, 0.05) is 22.9 Å². The second-order valence-electron chi connectivity index (χ2n) is 7.25. The van der Waals surface area contributed by atoms with Crippen LogP contribution in [0.25, 0.3) is 11.0 Å². The summed E-state index contributed by atoms with van der Waals surface area (Å²) in [5.41, 5.74) is 4.97. The van der Waals surface area contributed by atoms with Crippen LogP contribution >= 0.6 is 11.3 Å². The third kappa shape index (κ3) is 3.33. The van der Waals surface area contributed by atoms with Crippen molar-refractivity contribution in [1.82, 2.24) is 10.3 Å². The summed E-state index contributed by atoms with van der Waals surface area (Å²) in [7, 11) is 0. The lowest BCUT2D eigenvalue weighted by Crippen LogP contribution is -2.19. The van der Waals surface area contributed by atoms with Gasteiger partial charge in [0.15, 0.2) is 0 Å². The largest absolute Gasteiger partial charge is 0.423 e. The van der Waals surface area contributed by atoms with Gasteiger partial charge in [0.25, 0.3) is 0 Å². The smallest absolute Gasteiger partial charge is 0.336 e. The van der Waals surface area contributed by atoms with Crippen LogP contribution in [0.15, 0.2) is 27.4 Å². The Morgan fingerprint density at radius 3 is 2.77 bits per heavy atom. The number of fused-ring (bicyclic) bond motifs is 2. The topological polar surface area (TPSA) is 55.1 Å². The number of benzene rings is 1. The summed E-state index contributed by atoms with van der Waals surface area (Å²) in [6, 6.07) is 5.83. The van der Waals surface area contributed by atoms with Crippen molar-refractivity contribution in [2.24, 2.45) is 0 Å². The molecule has 1 aromatic carbocycles. The molecule has 4 nitrogen and oxygen atoms in total. The quantitative estimate of drug-likeness (QED) is 0.684. The molecule has 0 saturated heterocycles. The average Bonchev–Trinajstić information content (AvgIpc) is 3.05. The highest BCUT2D eigenvalue weighted by Crippen LogP contribution is 2.30. The Morgan fingerprint density at radius 1 is 1.19 bits per heavy atom. The monoisotopic (exact) mass is 368 g/mol. The maximum absolute atomic E-state index is 11.9. The lowest BCUT2D eigenvalue weighted by Gasteiger charge is -2.13. The molecule has 2 heterocycles. The van der Waals surface area contributed by atoms with E-state index in [0.29, 0.717) is 12.1 Å². The van der Waals surface area contributed by atoms with E-state index in [4.69, 9.17) is 9.40 Å². The molecule has 0 radical (unpaired) electrons. The molecule has 0 unspecified atom stereocenters. The molecule has 0 aliphatic heterocycles. The van der Waals surface area contributed by atoms with Crippen LogP contribution in [0.4, 0.5) is 0 Å². The van der Waals surface area contributed by atoms with Crippen LogP contribution < -0.4 is 10.9 Å². The molecule has 3 aromatic rings. The first-order valence-corrected chi connectivity index (χ1v) is 10.1. The van der Waals surface area contributed by atoms with Gasteiger partial charge in [0.05, 0.1) is 11.7 Å². The van der Waals surface area contributed by atoms with Gasteiger partial charge < -0.3 is 9.73 Å². The molecule has 4 rings (SSSR count). The zero-order chi connectivity index (χ0) is 18.3. The number of hydrogen-bond acceptors (Lipinski definition) is 5. The first-order valence-electron chi connectivity index (χ1n) is 9.27. The first-order chi connectivity index (χ1) is 12.5. The van der Waals surface area contributed by atoms with Gasteiger partial charge in [-0.1, -0.05) is 0 Å². The number of thiazole rings is 1. The third-order valence-electron chi connectivity index (χ3n) is 5.28. The minimum atomic E-state index is -0.296. The van der Waals surface area contributed by atoms with Crippen molar-refractivity contribution < 1.29 is 4.42 Å². The number of nitrogens with zero attached hydrogens (tertiary/aromatic N) is 1. The molecule has 0 fully saturated rings. The van der Waals surface area contributed by atoms with Crippen LogP contribution in [-0.4, -0.2) is 4.98 Å². The zero-order valence-corrected chi connectivity index (χ0v) is 16.3. The fourth-order valence-electron chi connectivity index (χ4n) is 3.54. The van der Waals surface area contributed by atoms with Gasteiger partial charge >= 0.3 is 5.63 Å². The molecule has 2 aromatic heterocycles. The number of aryl methyl sites for hydroxylation is 4. The van der Waals surface area contributed by atoms with Crippen LogP contribution in [0.2, 0.25) is 0 Å². The van der Waals surface area contributed by atoms with Crippen LogP contribution in [0.5, 0.6) is 0 Å². The molecular weight excluding hydrogens is 344 g/mol. The Morgan fingerprint density at radius 2 is 1.96 bits per heavy atom. The second kappa shape index (κ2) is 6.97. The lowest BCUT2D eigenvalue weighted by molar-refractivity contribution is 0.545. The van der Waals surface area contributed by atoms with E-state index in [2.05, 4.69) is 25.2 Å². The van der Waals surface area contributed by atoms with E-state index in [0.717, 1.165) is 27.9 Å². The molecule has 1 N–H and O–H groups in total. The van der Waals surface area contributed by atoms with Gasteiger partial charge in [-0.25, -0.2) is 9.78 Å². The highest BCUT2D eigenvalue weighted by molar-refractivity contribution is 7.11. The molecule has 0 saturated carbocycles. The first kappa shape index (κ1) is 17.4. The van der Waals surface area contributed by atoms with Gasteiger partial charge in [-0.15, -0.1) is 11.3 Å². The van der Waals surface area contributed by atoms with E-state index >= 15 is 0 Å². The summed E-state index contributed by atoms with van der Waals surface area (Å²) in [6.45, 7) is 6.88. The number of aromatic nitrogens is 1. The summed E-state index contributed by atoms with van der Waals surface area (Å²) < 4.78 is 5.39. The van der Waals surface area contributed by atoms with E-state index in [1.54, 1.807) is 6.07 Å². The van der Waals surface area contributed by atoms with Gasteiger partial charge in [0.2, 0.25) is 0 Å². The molecule has 0 bridgehead atoms. The molecule has 0 amide bonds. The minimum Gasteiger partial charge on any atom is -0.423 e. The fraction of sp³-hybridized carbons (Fsp3) is 0.429. The lowest BCUT2D eigenvalue weighted by atomic mass is 10.0. The van der Waals surface area contributed by atoms with Gasteiger partial charge in [0.1, 0.15) is 10.6 Å². The van der Waals surface area contributed by atoms with E-state index in [-0.39, 0.29) is 11.7 Å². The van der Waals surface area contributed by atoms with Crippen molar-refractivity contribution >= 4 is 22.3 Å². The van der Waals surface area contributed by atoms with Gasteiger partial charge in [-0.3, -0.25) is 0 Å². The maximum Gasteiger partial charge on any atom is 0.336 e. The van der Waals surface area contributed by atoms with Crippen molar-refractivity contribution in [3.8, 4) is 0 Å². The Balaban J connectivity index is 1.58. The molecule has 136 valence electrons. The van der Waals surface area contributed by atoms with Crippen molar-refractivity contribution in [2.45, 2.75) is 59.0 Å². The van der Waals surface area contributed by atoms with Gasteiger partial charge in [-0.05, 0) is 75.3 Å². The molecule has 1 aliphatic carbocycles. The standard InChI is InChI=1S/C21H24N2O2S/c1-12-8-16-15(10-20(24)25-18(16)9-13(12)2)11-22-14(3)21-23-17-6-4-5-7-19(17)26-21/h8-10,14,22H,4-7,11H2,1-3H3/t14-/m1/s1. The summed E-state index contributed by atoms with van der Waals surface area (Å²) in [5.74, 6) is 0. The fourth-order valence-corrected chi connectivity index (χ4v) is 4.72. The van der Waals surface area contributed by atoms with Crippen molar-refractivity contribution in [3.63, 3.8) is 0 Å². The van der Waals surface area contributed by atoms with Crippen LogP contribution in [0.3, 0.4) is 0 Å². The van der Waals surface area contributed by atoms with E-state index in [1.165, 1.54) is 35.4 Å². The van der Waals surface area contributed by atoms with Crippen molar-refractivity contribution in [3.05, 3.63) is 60.9 Å². The Labute approximate surface area is 157 Å². The zero-order valence-electron chi connectivity index (χ0n) is 15.5. The summed E-state index contributed by atoms with van der Waals surface area (Å²) in [4.78, 5) is 18.2. The van der Waals surface area contributed by atoms with Gasteiger partial charge in [-0.2, -0.15) is 0 Å². The number of nitrogens with one attached hydrogen (secondary N) is 1. The van der Waals surface area contributed by atoms with Crippen LogP contribution in [0.1, 0.15) is 58.1 Å². The Kier molecular flexibility index (Phi) is 4.67. The van der Waals surface area contributed by atoms with Crippen molar-refractivity contribution in [1.29, 1.82) is 0 Å². The molecule has 26 heavy (non-hydrogen) atoms. The van der Waals surface area contributed by atoms with Crippen LogP contribution in [0, 0.1) is 13.8 Å². The maximum atomic E-state index is 11.9. The van der Waals surface area contributed by atoms with Crippen LogP contribution in [-0.2, 0) is 19.4 Å². The molecule has 5 heteroatoms. The Hall–Kier alpha value is -1.98. The minimum absolute atomic E-state index is 0.166. The molecule has 0 spiro atoms. The highest BCUT2D eigenvalue weighted by atomic mass is 32.1. The SMILES string of the molecule is Cc1cc2oc(=O)cc(CN[C@H](C)c3nc4c(s3)CCCC4)c2cc1C. The summed E-state index contributed by atoms with van der Waals surface area (Å²) in [5, 5.41) is 5.70. The van der Waals surface area contributed by atoms with E-state index in [1.807, 2.05) is 24.3 Å². The number of hydrogen-bond donors (Lipinski definition) is 1. The molecular formula is C21H24N2O2S. The second-order valence-corrected chi connectivity index (χ2v) is 8.37. The molecule has 1 aliphatic rings. The predicted molar refractivity (Wildman–Crippen MR) is 106 cm³/mol. The summed E-state index contributed by atoms with van der Waals surface area (Å²) >= 11 is 1.84.